The van der Waals surface area contributed by atoms with Crippen molar-refractivity contribution in [3.05, 3.63) is 65.7 Å². The molecule has 0 heterocycles. The first-order chi connectivity index (χ1) is 12.2. The monoisotopic (exact) mass is 336 g/mol. The standard InChI is InChI=1S/C24H32O/c1-19-9-6-15-23(17-19)25-24-16-8-14-22(18-24)20(2)10-7-13-21-11-4-3-5-12-21/h3-6,9,11-12,15,17,20,22,24H,7-8,10,13-14,16,18H2,1-2H3/t20?,22-,24?/m0/s1. The van der Waals surface area contributed by atoms with E-state index in [-0.39, 0.29) is 0 Å². The van der Waals surface area contributed by atoms with E-state index in [1.165, 1.54) is 56.1 Å². The van der Waals surface area contributed by atoms with Gasteiger partial charge in [-0.1, -0.05) is 55.8 Å². The van der Waals surface area contributed by atoms with E-state index in [1.807, 2.05) is 0 Å². The van der Waals surface area contributed by atoms with E-state index in [0.717, 1.165) is 17.6 Å². The Balaban J connectivity index is 1.45. The summed E-state index contributed by atoms with van der Waals surface area (Å²) in [5.41, 5.74) is 2.75. The molecule has 0 bridgehead atoms. The first-order valence-electron chi connectivity index (χ1n) is 9.98. The van der Waals surface area contributed by atoms with Crippen molar-refractivity contribution in [2.45, 2.75) is 64.9 Å². The van der Waals surface area contributed by atoms with Crippen molar-refractivity contribution >= 4 is 0 Å². The molecular formula is C24H32O. The van der Waals surface area contributed by atoms with Gasteiger partial charge in [0.25, 0.3) is 0 Å². The van der Waals surface area contributed by atoms with Crippen molar-refractivity contribution in [3.8, 4) is 5.75 Å². The first kappa shape index (κ1) is 18.0. The van der Waals surface area contributed by atoms with Crippen molar-refractivity contribution in [2.75, 3.05) is 0 Å². The lowest BCUT2D eigenvalue weighted by molar-refractivity contribution is 0.0996. The highest BCUT2D eigenvalue weighted by Gasteiger charge is 2.27. The van der Waals surface area contributed by atoms with Crippen LogP contribution in [0.15, 0.2) is 54.6 Å². The van der Waals surface area contributed by atoms with E-state index < -0.39 is 0 Å². The van der Waals surface area contributed by atoms with Crippen LogP contribution in [0.3, 0.4) is 0 Å². The van der Waals surface area contributed by atoms with Crippen LogP contribution in [0.4, 0.5) is 0 Å². The number of hydrogen-bond donors (Lipinski definition) is 0. The van der Waals surface area contributed by atoms with E-state index in [2.05, 4.69) is 68.4 Å². The summed E-state index contributed by atoms with van der Waals surface area (Å²) >= 11 is 0. The molecule has 1 aliphatic carbocycles. The van der Waals surface area contributed by atoms with E-state index in [1.54, 1.807) is 0 Å². The van der Waals surface area contributed by atoms with E-state index in [4.69, 9.17) is 4.74 Å². The third-order valence-electron chi connectivity index (χ3n) is 5.73. The van der Waals surface area contributed by atoms with Gasteiger partial charge in [-0.05, 0) is 80.5 Å². The summed E-state index contributed by atoms with van der Waals surface area (Å²) in [5, 5.41) is 0. The molecule has 0 saturated heterocycles. The van der Waals surface area contributed by atoms with Gasteiger partial charge in [0.2, 0.25) is 0 Å². The molecule has 2 unspecified atom stereocenters. The molecule has 1 aliphatic rings. The summed E-state index contributed by atoms with van der Waals surface area (Å²) in [4.78, 5) is 0. The second-order valence-electron chi connectivity index (χ2n) is 7.84. The molecular weight excluding hydrogens is 304 g/mol. The summed E-state index contributed by atoms with van der Waals surface area (Å²) < 4.78 is 6.29. The van der Waals surface area contributed by atoms with Crippen LogP contribution in [0, 0.1) is 18.8 Å². The molecule has 1 heteroatoms. The predicted molar refractivity (Wildman–Crippen MR) is 106 cm³/mol. The molecule has 25 heavy (non-hydrogen) atoms. The van der Waals surface area contributed by atoms with Gasteiger partial charge in [0.1, 0.15) is 5.75 Å². The molecule has 2 aromatic carbocycles. The van der Waals surface area contributed by atoms with Crippen LogP contribution in [0.25, 0.3) is 0 Å². The van der Waals surface area contributed by atoms with E-state index in [0.29, 0.717) is 6.10 Å². The summed E-state index contributed by atoms with van der Waals surface area (Å²) in [6.07, 6.45) is 9.35. The summed E-state index contributed by atoms with van der Waals surface area (Å²) in [5.74, 6) is 2.66. The summed E-state index contributed by atoms with van der Waals surface area (Å²) in [6, 6.07) is 19.4. The lowest BCUT2D eigenvalue weighted by atomic mass is 9.77. The summed E-state index contributed by atoms with van der Waals surface area (Å²) in [7, 11) is 0. The fourth-order valence-electron chi connectivity index (χ4n) is 4.19. The zero-order valence-corrected chi connectivity index (χ0v) is 15.8. The lowest BCUT2D eigenvalue weighted by Gasteiger charge is -2.33. The SMILES string of the molecule is Cc1cccc(OC2CCC[C@H](C(C)CCCc3ccccc3)C2)c1. The van der Waals surface area contributed by atoms with Gasteiger partial charge < -0.3 is 4.74 Å². The van der Waals surface area contributed by atoms with Gasteiger partial charge in [-0.15, -0.1) is 0 Å². The molecule has 1 saturated carbocycles. The molecule has 3 rings (SSSR count). The van der Waals surface area contributed by atoms with Gasteiger partial charge in [0, 0.05) is 0 Å². The highest BCUT2D eigenvalue weighted by Crippen LogP contribution is 2.34. The third kappa shape index (κ3) is 5.63. The third-order valence-corrected chi connectivity index (χ3v) is 5.73. The Hall–Kier alpha value is -1.76. The fourth-order valence-corrected chi connectivity index (χ4v) is 4.19. The Morgan fingerprint density at radius 2 is 1.88 bits per heavy atom. The molecule has 0 N–H and O–H groups in total. The fraction of sp³-hybridized carbons (Fsp3) is 0.500. The number of ether oxygens (including phenoxy) is 1. The number of rotatable bonds is 7. The topological polar surface area (TPSA) is 9.23 Å². The predicted octanol–water partition coefficient (Wildman–Crippen LogP) is 6.59. The van der Waals surface area contributed by atoms with Crippen molar-refractivity contribution in [2.24, 2.45) is 11.8 Å². The van der Waals surface area contributed by atoms with Crippen LogP contribution in [0.5, 0.6) is 5.75 Å². The summed E-state index contributed by atoms with van der Waals surface area (Å²) in [6.45, 7) is 4.58. The number of aryl methyl sites for hydroxylation is 2. The maximum Gasteiger partial charge on any atom is 0.119 e. The van der Waals surface area contributed by atoms with Gasteiger partial charge >= 0.3 is 0 Å². The van der Waals surface area contributed by atoms with Crippen LogP contribution in [-0.4, -0.2) is 6.10 Å². The Morgan fingerprint density at radius 3 is 2.68 bits per heavy atom. The highest BCUT2D eigenvalue weighted by molar-refractivity contribution is 5.27. The Morgan fingerprint density at radius 1 is 1.04 bits per heavy atom. The van der Waals surface area contributed by atoms with Crippen molar-refractivity contribution in [3.63, 3.8) is 0 Å². The minimum Gasteiger partial charge on any atom is -0.490 e. The quantitative estimate of drug-likeness (QED) is 0.554. The largest absolute Gasteiger partial charge is 0.490 e. The molecule has 0 amide bonds. The lowest BCUT2D eigenvalue weighted by Crippen LogP contribution is -2.28. The zero-order valence-electron chi connectivity index (χ0n) is 15.8. The van der Waals surface area contributed by atoms with Gasteiger partial charge in [-0.3, -0.25) is 0 Å². The number of hydrogen-bond acceptors (Lipinski definition) is 1. The second-order valence-corrected chi connectivity index (χ2v) is 7.84. The molecule has 1 nitrogen and oxygen atoms in total. The van der Waals surface area contributed by atoms with Crippen LogP contribution in [-0.2, 0) is 6.42 Å². The average molecular weight is 337 g/mol. The molecule has 0 spiro atoms. The Kier molecular flexibility index (Phi) is 6.55. The van der Waals surface area contributed by atoms with Crippen molar-refractivity contribution in [1.82, 2.24) is 0 Å². The van der Waals surface area contributed by atoms with Crippen molar-refractivity contribution in [1.29, 1.82) is 0 Å². The average Bonchev–Trinajstić information content (AvgIpc) is 2.63. The number of benzene rings is 2. The molecule has 0 aromatic heterocycles. The van der Waals surface area contributed by atoms with Crippen molar-refractivity contribution < 1.29 is 4.74 Å². The maximum atomic E-state index is 6.29. The highest BCUT2D eigenvalue weighted by atomic mass is 16.5. The van der Waals surface area contributed by atoms with Crippen LogP contribution in [0.1, 0.15) is 56.6 Å². The van der Waals surface area contributed by atoms with E-state index in [9.17, 15) is 0 Å². The minimum absolute atomic E-state index is 0.400. The second kappa shape index (κ2) is 9.08. The molecule has 0 radical (unpaired) electrons. The van der Waals surface area contributed by atoms with Crippen LogP contribution in [0.2, 0.25) is 0 Å². The van der Waals surface area contributed by atoms with Crippen LogP contribution < -0.4 is 4.74 Å². The smallest absolute Gasteiger partial charge is 0.119 e. The molecule has 1 fully saturated rings. The van der Waals surface area contributed by atoms with Gasteiger partial charge in [-0.25, -0.2) is 0 Å². The van der Waals surface area contributed by atoms with Gasteiger partial charge in [0.05, 0.1) is 6.10 Å². The van der Waals surface area contributed by atoms with Gasteiger partial charge in [-0.2, -0.15) is 0 Å². The van der Waals surface area contributed by atoms with E-state index >= 15 is 0 Å². The minimum atomic E-state index is 0.400. The Labute approximate surface area is 153 Å². The molecule has 2 aromatic rings. The Bertz CT molecular complexity index is 634. The molecule has 3 atom stereocenters. The molecule has 0 aliphatic heterocycles. The maximum absolute atomic E-state index is 6.29. The van der Waals surface area contributed by atoms with Gasteiger partial charge in [0.15, 0.2) is 0 Å². The molecule has 134 valence electrons. The zero-order chi connectivity index (χ0) is 17.5. The normalized spacial score (nSPS) is 21.7. The first-order valence-corrected chi connectivity index (χ1v) is 9.98. The van der Waals surface area contributed by atoms with Crippen LogP contribution >= 0.6 is 0 Å².